The molecule has 0 aliphatic carbocycles. The Labute approximate surface area is 92.7 Å². The molecule has 0 N–H and O–H groups in total. The van der Waals surface area contributed by atoms with Gasteiger partial charge in [0.15, 0.2) is 12.2 Å². The van der Waals surface area contributed by atoms with E-state index in [0.717, 1.165) is 12.2 Å². The normalized spacial score (nSPS) is 13.2. The van der Waals surface area contributed by atoms with Crippen molar-refractivity contribution in [2.45, 2.75) is 26.1 Å². The minimum atomic E-state index is -0.883. The lowest BCUT2D eigenvalue weighted by molar-refractivity contribution is -0.142. The Morgan fingerprint density at radius 1 is 1.00 bits per heavy atom. The fraction of sp³-hybridized carbons (Fsp3) is 0.400. The van der Waals surface area contributed by atoms with E-state index in [-0.39, 0.29) is 0 Å². The van der Waals surface area contributed by atoms with E-state index in [1.807, 2.05) is 0 Å². The Balaban J connectivity index is 4.10. The second kappa shape index (κ2) is 7.02. The molecular weight excluding hydrogens is 212 g/mol. The molecule has 0 bridgehead atoms. The molecule has 0 fully saturated rings. The molecule has 0 saturated carbocycles. The highest BCUT2D eigenvalue weighted by Gasteiger charge is 2.07. The van der Waals surface area contributed by atoms with E-state index in [9.17, 15) is 9.59 Å². The van der Waals surface area contributed by atoms with Crippen molar-refractivity contribution < 1.29 is 19.1 Å². The van der Waals surface area contributed by atoms with Crippen LogP contribution in [0.15, 0.2) is 12.2 Å². The molecule has 6 heteroatoms. The van der Waals surface area contributed by atoms with Gasteiger partial charge in [-0.05, 0) is 13.8 Å². The molecule has 0 saturated heterocycles. The summed E-state index contributed by atoms with van der Waals surface area (Å²) in [5.41, 5.74) is 0. The van der Waals surface area contributed by atoms with Crippen LogP contribution in [0.5, 0.6) is 0 Å². The van der Waals surface area contributed by atoms with E-state index in [1.165, 1.54) is 13.8 Å². The van der Waals surface area contributed by atoms with Crippen molar-refractivity contribution in [3.05, 3.63) is 12.2 Å². The first-order valence-corrected chi connectivity index (χ1v) is 4.38. The second-order valence-electron chi connectivity index (χ2n) is 2.75. The van der Waals surface area contributed by atoms with Crippen molar-refractivity contribution in [3.8, 4) is 12.1 Å². The van der Waals surface area contributed by atoms with Crippen LogP contribution < -0.4 is 0 Å². The van der Waals surface area contributed by atoms with Crippen LogP contribution in [-0.4, -0.2) is 24.1 Å². The Morgan fingerprint density at radius 2 is 1.31 bits per heavy atom. The summed E-state index contributed by atoms with van der Waals surface area (Å²) in [4.78, 5) is 21.9. The average Bonchev–Trinajstić information content (AvgIpc) is 2.26. The molecular formula is C10H10N2O4. The highest BCUT2D eigenvalue weighted by atomic mass is 16.5. The molecule has 0 aromatic carbocycles. The van der Waals surface area contributed by atoms with E-state index in [2.05, 4.69) is 9.47 Å². The van der Waals surface area contributed by atoms with Crippen molar-refractivity contribution in [1.82, 2.24) is 0 Å². The van der Waals surface area contributed by atoms with Crippen molar-refractivity contribution >= 4 is 11.9 Å². The fourth-order valence-corrected chi connectivity index (χ4v) is 0.616. The van der Waals surface area contributed by atoms with Crippen LogP contribution in [-0.2, 0) is 19.1 Å². The van der Waals surface area contributed by atoms with Crippen LogP contribution in [0.4, 0.5) is 0 Å². The van der Waals surface area contributed by atoms with Crippen LogP contribution in [0, 0.1) is 22.7 Å². The van der Waals surface area contributed by atoms with Gasteiger partial charge in [0.2, 0.25) is 0 Å². The third kappa shape index (κ3) is 6.17. The lowest BCUT2D eigenvalue weighted by atomic mass is 10.4. The molecule has 2 atom stereocenters. The van der Waals surface area contributed by atoms with Crippen molar-refractivity contribution in [2.24, 2.45) is 0 Å². The van der Waals surface area contributed by atoms with E-state index in [1.54, 1.807) is 12.1 Å². The molecule has 16 heavy (non-hydrogen) atoms. The number of carbonyl (C=O) groups excluding carboxylic acids is 2. The Hall–Kier alpha value is -2.34. The molecule has 0 aliphatic heterocycles. The second-order valence-corrected chi connectivity index (χ2v) is 2.75. The number of hydrogen-bond donors (Lipinski definition) is 0. The Bertz CT molecular complexity index is 339. The summed E-state index contributed by atoms with van der Waals surface area (Å²) in [6.45, 7) is 2.78. The number of hydrogen-bond acceptors (Lipinski definition) is 6. The zero-order valence-electron chi connectivity index (χ0n) is 8.84. The summed E-state index contributed by atoms with van der Waals surface area (Å²) in [6.07, 6.45) is -0.0991. The van der Waals surface area contributed by atoms with Gasteiger partial charge >= 0.3 is 11.9 Å². The lowest BCUT2D eigenvalue weighted by Crippen LogP contribution is -2.13. The zero-order valence-corrected chi connectivity index (χ0v) is 8.84. The van der Waals surface area contributed by atoms with Gasteiger partial charge in [0.1, 0.15) is 12.1 Å². The van der Waals surface area contributed by atoms with Crippen LogP contribution in [0.25, 0.3) is 0 Å². The van der Waals surface area contributed by atoms with Gasteiger partial charge in [0, 0.05) is 12.2 Å². The van der Waals surface area contributed by atoms with Crippen molar-refractivity contribution in [2.75, 3.05) is 0 Å². The number of nitriles is 2. The van der Waals surface area contributed by atoms with Gasteiger partial charge in [0.05, 0.1) is 0 Å². The lowest BCUT2D eigenvalue weighted by Gasteiger charge is -2.02. The van der Waals surface area contributed by atoms with Gasteiger partial charge in [-0.25, -0.2) is 9.59 Å². The van der Waals surface area contributed by atoms with E-state index in [4.69, 9.17) is 10.5 Å². The summed E-state index contributed by atoms with van der Waals surface area (Å²) in [6, 6.07) is 3.38. The number of rotatable bonds is 4. The molecule has 0 unspecified atom stereocenters. The molecule has 0 aliphatic rings. The molecule has 84 valence electrons. The van der Waals surface area contributed by atoms with Crippen LogP contribution >= 0.6 is 0 Å². The summed E-state index contributed by atoms with van der Waals surface area (Å²) in [5.74, 6) is -1.65. The van der Waals surface area contributed by atoms with E-state index in [0.29, 0.717) is 0 Å². The molecule has 0 amide bonds. The number of ether oxygens (including phenoxy) is 2. The quantitative estimate of drug-likeness (QED) is 0.505. The predicted molar refractivity (Wildman–Crippen MR) is 51.5 cm³/mol. The molecule has 0 aromatic rings. The molecule has 0 aromatic heterocycles. The summed E-state index contributed by atoms with van der Waals surface area (Å²) >= 11 is 0. The first kappa shape index (κ1) is 13.7. The Morgan fingerprint density at radius 3 is 1.56 bits per heavy atom. The molecule has 0 spiro atoms. The van der Waals surface area contributed by atoms with Gasteiger partial charge in [-0.1, -0.05) is 0 Å². The molecule has 6 nitrogen and oxygen atoms in total. The molecule has 0 heterocycles. The zero-order chi connectivity index (χ0) is 12.6. The predicted octanol–water partition coefficient (Wildman–Crippen LogP) is 0.453. The first-order chi connectivity index (χ1) is 7.49. The van der Waals surface area contributed by atoms with Crippen molar-refractivity contribution in [3.63, 3.8) is 0 Å². The third-order valence-corrected chi connectivity index (χ3v) is 1.30. The Kier molecular flexibility index (Phi) is 5.99. The SMILES string of the molecule is C[C@@H](C#N)OC(=O)/C=C/C(=O)O[C@@H](C)C#N. The summed E-state index contributed by atoms with van der Waals surface area (Å²) in [7, 11) is 0. The fourth-order valence-electron chi connectivity index (χ4n) is 0.616. The average molecular weight is 222 g/mol. The maximum atomic E-state index is 10.9. The maximum Gasteiger partial charge on any atom is 0.332 e. The van der Waals surface area contributed by atoms with Crippen LogP contribution in [0.3, 0.4) is 0 Å². The minimum Gasteiger partial charge on any atom is -0.444 e. The number of carbonyl (C=O) groups is 2. The van der Waals surface area contributed by atoms with E-state index < -0.39 is 24.1 Å². The standard InChI is InChI=1S/C10H10N2O4/c1-7(5-11)15-9(13)3-4-10(14)16-8(2)6-12/h3-4,7-8H,1-2H3/b4-3+/t7-,8-/m0/s1. The number of nitrogens with zero attached hydrogens (tertiary/aromatic N) is 2. The minimum absolute atomic E-state index is 0.824. The highest BCUT2D eigenvalue weighted by molar-refractivity contribution is 5.91. The third-order valence-electron chi connectivity index (χ3n) is 1.30. The number of esters is 2. The van der Waals surface area contributed by atoms with Gasteiger partial charge in [0.25, 0.3) is 0 Å². The van der Waals surface area contributed by atoms with Crippen LogP contribution in [0.2, 0.25) is 0 Å². The van der Waals surface area contributed by atoms with Gasteiger partial charge in [-0.15, -0.1) is 0 Å². The molecule has 0 radical (unpaired) electrons. The summed E-state index contributed by atoms with van der Waals surface area (Å²) < 4.78 is 9.04. The monoisotopic (exact) mass is 222 g/mol. The van der Waals surface area contributed by atoms with E-state index >= 15 is 0 Å². The van der Waals surface area contributed by atoms with Crippen LogP contribution in [0.1, 0.15) is 13.8 Å². The topological polar surface area (TPSA) is 100 Å². The summed E-state index contributed by atoms with van der Waals surface area (Å²) in [5, 5.41) is 16.7. The van der Waals surface area contributed by atoms with Gasteiger partial charge < -0.3 is 9.47 Å². The molecule has 0 rings (SSSR count). The van der Waals surface area contributed by atoms with Gasteiger partial charge in [-0.3, -0.25) is 0 Å². The maximum absolute atomic E-state index is 10.9. The highest BCUT2D eigenvalue weighted by Crippen LogP contribution is 1.93. The first-order valence-electron chi connectivity index (χ1n) is 4.38. The largest absolute Gasteiger partial charge is 0.444 e. The smallest absolute Gasteiger partial charge is 0.332 e. The van der Waals surface area contributed by atoms with Gasteiger partial charge in [-0.2, -0.15) is 10.5 Å². The van der Waals surface area contributed by atoms with Crippen molar-refractivity contribution in [1.29, 1.82) is 10.5 Å².